The van der Waals surface area contributed by atoms with Gasteiger partial charge in [-0.3, -0.25) is 5.10 Å². The average molecular weight is 292 g/mol. The fourth-order valence-electron chi connectivity index (χ4n) is 2.12. The smallest absolute Gasteiger partial charge is 0.340 e. The minimum absolute atomic E-state index is 0.324. The molecule has 108 valence electrons. The Morgan fingerprint density at radius 1 is 1.19 bits per heavy atom. The first-order chi connectivity index (χ1) is 9.95. The maximum Gasteiger partial charge on any atom is 0.416 e. The zero-order valence-corrected chi connectivity index (χ0v) is 11.0. The monoisotopic (exact) mass is 292 g/mol. The van der Waals surface area contributed by atoms with E-state index >= 15 is 0 Å². The zero-order chi connectivity index (χ0) is 15.0. The van der Waals surface area contributed by atoms with Gasteiger partial charge in [0.2, 0.25) is 0 Å². The van der Waals surface area contributed by atoms with Gasteiger partial charge in [-0.1, -0.05) is 6.07 Å². The van der Waals surface area contributed by atoms with Crippen LogP contribution in [0.1, 0.15) is 11.3 Å². The van der Waals surface area contributed by atoms with Crippen LogP contribution in [0.5, 0.6) is 0 Å². The molecule has 4 nitrogen and oxygen atoms in total. The van der Waals surface area contributed by atoms with Crippen molar-refractivity contribution in [2.45, 2.75) is 13.1 Å². The fourth-order valence-corrected chi connectivity index (χ4v) is 2.12. The minimum atomic E-state index is -4.37. The summed E-state index contributed by atoms with van der Waals surface area (Å²) in [6.45, 7) is 1.83. The van der Waals surface area contributed by atoms with E-state index in [2.05, 4.69) is 20.5 Å². The lowest BCUT2D eigenvalue weighted by Gasteiger charge is -2.10. The first kappa shape index (κ1) is 13.4. The number of halogens is 3. The second kappa shape index (κ2) is 4.76. The van der Waals surface area contributed by atoms with Crippen molar-refractivity contribution in [1.29, 1.82) is 0 Å². The Morgan fingerprint density at radius 3 is 2.76 bits per heavy atom. The van der Waals surface area contributed by atoms with Crippen LogP contribution in [0, 0.1) is 6.92 Å². The summed E-state index contributed by atoms with van der Waals surface area (Å²) in [5, 5.41) is 10.6. The Labute approximate surface area is 118 Å². The predicted octanol–water partition coefficient (Wildman–Crippen LogP) is 4.03. The zero-order valence-electron chi connectivity index (χ0n) is 11.0. The highest BCUT2D eigenvalue weighted by Crippen LogP contribution is 2.32. The number of rotatable bonds is 2. The van der Waals surface area contributed by atoms with Crippen LogP contribution in [0.3, 0.4) is 0 Å². The molecule has 0 unspecified atom stereocenters. The van der Waals surface area contributed by atoms with Crippen molar-refractivity contribution in [3.63, 3.8) is 0 Å². The van der Waals surface area contributed by atoms with Crippen LogP contribution in [0.2, 0.25) is 0 Å². The van der Waals surface area contributed by atoms with E-state index in [1.54, 1.807) is 18.3 Å². The highest BCUT2D eigenvalue weighted by molar-refractivity contribution is 5.92. The van der Waals surface area contributed by atoms with E-state index in [-0.39, 0.29) is 0 Å². The van der Waals surface area contributed by atoms with Gasteiger partial charge in [-0.25, -0.2) is 4.98 Å². The molecular formula is C14H11F3N4. The number of alkyl halides is 3. The van der Waals surface area contributed by atoms with E-state index in [0.29, 0.717) is 17.0 Å². The molecule has 3 aromatic rings. The highest BCUT2D eigenvalue weighted by atomic mass is 19.4. The molecule has 2 N–H and O–H groups in total. The summed E-state index contributed by atoms with van der Waals surface area (Å²) in [4.78, 5) is 4.17. The summed E-state index contributed by atoms with van der Waals surface area (Å²) in [6, 6.07) is 6.73. The molecule has 0 aliphatic carbocycles. The molecule has 0 saturated carbocycles. The lowest BCUT2D eigenvalue weighted by molar-refractivity contribution is -0.137. The van der Waals surface area contributed by atoms with Crippen molar-refractivity contribution < 1.29 is 13.2 Å². The van der Waals surface area contributed by atoms with E-state index in [4.69, 9.17) is 0 Å². The van der Waals surface area contributed by atoms with Gasteiger partial charge in [0.1, 0.15) is 5.82 Å². The van der Waals surface area contributed by atoms with Gasteiger partial charge in [0, 0.05) is 17.6 Å². The van der Waals surface area contributed by atoms with E-state index < -0.39 is 11.7 Å². The molecule has 2 heterocycles. The largest absolute Gasteiger partial charge is 0.416 e. The average Bonchev–Trinajstić information content (AvgIpc) is 2.81. The van der Waals surface area contributed by atoms with Crippen LogP contribution in [-0.2, 0) is 6.18 Å². The van der Waals surface area contributed by atoms with Gasteiger partial charge in [-0.05, 0) is 31.2 Å². The normalized spacial score (nSPS) is 11.8. The number of fused-ring (bicyclic) bond motifs is 1. The summed E-state index contributed by atoms with van der Waals surface area (Å²) in [7, 11) is 0. The summed E-state index contributed by atoms with van der Waals surface area (Å²) >= 11 is 0. The van der Waals surface area contributed by atoms with E-state index in [0.717, 1.165) is 23.2 Å². The molecule has 0 amide bonds. The first-order valence-electron chi connectivity index (χ1n) is 6.19. The number of aromatic amines is 1. The van der Waals surface area contributed by atoms with Crippen molar-refractivity contribution in [3.8, 4) is 0 Å². The van der Waals surface area contributed by atoms with Gasteiger partial charge in [0.25, 0.3) is 0 Å². The van der Waals surface area contributed by atoms with Crippen LogP contribution in [-0.4, -0.2) is 15.2 Å². The summed E-state index contributed by atoms with van der Waals surface area (Å²) < 4.78 is 38.1. The molecule has 0 fully saturated rings. The van der Waals surface area contributed by atoms with Gasteiger partial charge in [0.05, 0.1) is 16.5 Å². The minimum Gasteiger partial charge on any atom is -0.340 e. The van der Waals surface area contributed by atoms with Crippen molar-refractivity contribution in [1.82, 2.24) is 15.2 Å². The van der Waals surface area contributed by atoms with Crippen molar-refractivity contribution in [2.24, 2.45) is 0 Å². The number of nitrogens with one attached hydrogen (secondary N) is 2. The number of pyridine rings is 1. The Bertz CT molecular complexity index is 792. The molecule has 1 aromatic carbocycles. The van der Waals surface area contributed by atoms with Gasteiger partial charge >= 0.3 is 6.18 Å². The molecule has 0 aliphatic heterocycles. The van der Waals surface area contributed by atoms with Gasteiger partial charge in [-0.15, -0.1) is 0 Å². The van der Waals surface area contributed by atoms with Crippen molar-refractivity contribution in [2.75, 3.05) is 5.32 Å². The van der Waals surface area contributed by atoms with Crippen molar-refractivity contribution in [3.05, 3.63) is 47.8 Å². The lowest BCUT2D eigenvalue weighted by Crippen LogP contribution is -2.05. The molecule has 0 saturated heterocycles. The molecule has 21 heavy (non-hydrogen) atoms. The maximum absolute atomic E-state index is 12.7. The molecule has 0 spiro atoms. The molecule has 2 aromatic heterocycles. The summed E-state index contributed by atoms with van der Waals surface area (Å²) in [5.41, 5.74) is 1.12. The number of hydrogen-bond acceptors (Lipinski definition) is 3. The second-order valence-electron chi connectivity index (χ2n) is 4.61. The number of benzene rings is 1. The Morgan fingerprint density at radius 2 is 2.00 bits per heavy atom. The molecule has 7 heteroatoms. The highest BCUT2D eigenvalue weighted by Gasteiger charge is 2.30. The molecule has 0 bridgehead atoms. The van der Waals surface area contributed by atoms with Crippen LogP contribution >= 0.6 is 0 Å². The Balaban J connectivity index is 2.01. The standard InChI is InChI=1S/C14H11F3N4/c1-8-12-11(21-20-8)5-6-18-13(12)19-10-4-2-3-9(7-10)14(15,16)17/h2-7H,1H3,(H,18,19)(H,20,21). The van der Waals surface area contributed by atoms with Crippen LogP contribution in [0.25, 0.3) is 10.9 Å². The van der Waals surface area contributed by atoms with E-state index in [9.17, 15) is 13.2 Å². The topological polar surface area (TPSA) is 53.6 Å². The van der Waals surface area contributed by atoms with Gasteiger partial charge < -0.3 is 5.32 Å². The number of hydrogen-bond donors (Lipinski definition) is 2. The number of aromatic nitrogens is 3. The molecule has 3 rings (SSSR count). The van der Waals surface area contributed by atoms with Gasteiger partial charge in [0.15, 0.2) is 0 Å². The van der Waals surface area contributed by atoms with Crippen LogP contribution in [0.15, 0.2) is 36.5 Å². The SMILES string of the molecule is Cc1[nH]nc2ccnc(Nc3cccc(C(F)(F)F)c3)c12. The summed E-state index contributed by atoms with van der Waals surface area (Å²) in [5.74, 6) is 0.470. The second-order valence-corrected chi connectivity index (χ2v) is 4.61. The number of anilines is 2. The van der Waals surface area contributed by atoms with Crippen LogP contribution < -0.4 is 5.32 Å². The Hall–Kier alpha value is -2.57. The molecular weight excluding hydrogens is 281 g/mol. The van der Waals surface area contributed by atoms with E-state index in [1.807, 2.05) is 6.92 Å². The molecule has 0 radical (unpaired) electrons. The third-order valence-corrected chi connectivity index (χ3v) is 3.10. The van der Waals surface area contributed by atoms with Crippen molar-refractivity contribution >= 4 is 22.4 Å². The number of aryl methyl sites for hydroxylation is 1. The Kier molecular flexibility index (Phi) is 3.04. The van der Waals surface area contributed by atoms with E-state index in [1.165, 1.54) is 6.07 Å². The molecule has 0 atom stereocenters. The number of H-pyrrole nitrogens is 1. The third-order valence-electron chi connectivity index (χ3n) is 3.10. The van der Waals surface area contributed by atoms with Gasteiger partial charge in [-0.2, -0.15) is 18.3 Å². The first-order valence-corrected chi connectivity index (χ1v) is 6.19. The third kappa shape index (κ3) is 2.54. The summed E-state index contributed by atoms with van der Waals surface area (Å²) in [6.07, 6.45) is -2.82. The maximum atomic E-state index is 12.7. The quantitative estimate of drug-likeness (QED) is 0.749. The number of nitrogens with zero attached hydrogens (tertiary/aromatic N) is 2. The van der Waals surface area contributed by atoms with Crippen LogP contribution in [0.4, 0.5) is 24.7 Å². The fraction of sp³-hybridized carbons (Fsp3) is 0.143. The predicted molar refractivity (Wildman–Crippen MR) is 73.4 cm³/mol. The molecule has 0 aliphatic rings. The lowest BCUT2D eigenvalue weighted by atomic mass is 10.2.